The molecule has 1 amide bonds. The minimum atomic E-state index is -2.86. The Balaban J connectivity index is 1.64. The van der Waals surface area contributed by atoms with Gasteiger partial charge in [-0.05, 0) is 41.2 Å². The zero-order chi connectivity index (χ0) is 21.7. The molecule has 4 rings (SSSR count). The van der Waals surface area contributed by atoms with Crippen molar-refractivity contribution in [1.29, 1.82) is 0 Å². The first-order chi connectivity index (χ1) is 14.2. The second-order valence-corrected chi connectivity index (χ2v) is 8.55. The lowest BCUT2D eigenvalue weighted by Gasteiger charge is -2.38. The Morgan fingerprint density at radius 2 is 1.70 bits per heavy atom. The maximum atomic E-state index is 13.7. The van der Waals surface area contributed by atoms with E-state index in [1.807, 2.05) is 30.3 Å². The van der Waals surface area contributed by atoms with Crippen LogP contribution in [0.4, 0.5) is 8.78 Å². The summed E-state index contributed by atoms with van der Waals surface area (Å²) >= 11 is 12.6. The summed E-state index contributed by atoms with van der Waals surface area (Å²) in [5.41, 5.74) is 1.51. The largest absolute Gasteiger partial charge is 0.467 e. The first-order valence-electron chi connectivity index (χ1n) is 9.54. The molecule has 0 aromatic heterocycles. The van der Waals surface area contributed by atoms with E-state index >= 15 is 0 Å². The summed E-state index contributed by atoms with van der Waals surface area (Å²) in [6, 6.07) is 11.1. The summed E-state index contributed by atoms with van der Waals surface area (Å²) in [6.45, 7) is 0. The molecule has 0 aliphatic heterocycles. The van der Waals surface area contributed by atoms with Gasteiger partial charge in [0.1, 0.15) is 5.54 Å². The first-order valence-corrected chi connectivity index (χ1v) is 10.3. The van der Waals surface area contributed by atoms with Crippen LogP contribution in [0.25, 0.3) is 11.1 Å². The standard InChI is InChI=1S/C22H19Cl2F2NO3/c1-30-20(29)21(7-9-22(25,26)10-8-21)27-19(28)17-15-13(12-5-3-2-4-6-12)11-14(23)18(24)16(15)17/h2-6,11,17H,7-10H2,1H3,(H,27,28). The predicted molar refractivity (Wildman–Crippen MR) is 110 cm³/mol. The predicted octanol–water partition coefficient (Wildman–Crippen LogP) is 5.34. The Hall–Kier alpha value is -2.18. The van der Waals surface area contributed by atoms with Crippen molar-refractivity contribution in [2.75, 3.05) is 7.11 Å². The second kappa shape index (κ2) is 7.50. The molecule has 2 aliphatic rings. The van der Waals surface area contributed by atoms with E-state index in [1.165, 1.54) is 7.11 Å². The number of alkyl halides is 2. The first kappa shape index (κ1) is 21.1. The van der Waals surface area contributed by atoms with Crippen molar-refractivity contribution in [3.05, 3.63) is 57.6 Å². The fraction of sp³-hybridized carbons (Fsp3) is 0.364. The smallest absolute Gasteiger partial charge is 0.331 e. The number of hydrogen-bond donors (Lipinski definition) is 1. The van der Waals surface area contributed by atoms with E-state index in [0.717, 1.165) is 16.7 Å². The van der Waals surface area contributed by atoms with Crippen LogP contribution in [0.5, 0.6) is 0 Å². The number of benzene rings is 2. The van der Waals surface area contributed by atoms with Gasteiger partial charge in [0.25, 0.3) is 0 Å². The topological polar surface area (TPSA) is 55.4 Å². The number of carbonyl (C=O) groups excluding carboxylic acids is 2. The second-order valence-electron chi connectivity index (χ2n) is 7.77. The molecule has 0 saturated heterocycles. The van der Waals surface area contributed by atoms with Crippen LogP contribution in [0, 0.1) is 0 Å². The van der Waals surface area contributed by atoms with Crippen LogP contribution in [0.2, 0.25) is 10.0 Å². The number of fused-ring (bicyclic) bond motifs is 1. The van der Waals surface area contributed by atoms with Gasteiger partial charge in [-0.15, -0.1) is 0 Å². The van der Waals surface area contributed by atoms with Gasteiger partial charge in [0.15, 0.2) is 0 Å². The van der Waals surface area contributed by atoms with Gasteiger partial charge in [-0.3, -0.25) is 4.79 Å². The van der Waals surface area contributed by atoms with Crippen molar-refractivity contribution in [2.45, 2.75) is 43.1 Å². The summed E-state index contributed by atoms with van der Waals surface area (Å²) in [6.07, 6.45) is -1.38. The van der Waals surface area contributed by atoms with Crippen LogP contribution in [-0.4, -0.2) is 30.4 Å². The summed E-state index contributed by atoms with van der Waals surface area (Å²) in [4.78, 5) is 25.6. The summed E-state index contributed by atoms with van der Waals surface area (Å²) in [7, 11) is 1.18. The zero-order valence-electron chi connectivity index (χ0n) is 16.1. The van der Waals surface area contributed by atoms with Crippen LogP contribution in [0.3, 0.4) is 0 Å². The summed E-state index contributed by atoms with van der Waals surface area (Å²) < 4.78 is 32.2. The molecule has 0 spiro atoms. The van der Waals surface area contributed by atoms with Crippen LogP contribution < -0.4 is 5.32 Å². The third-order valence-electron chi connectivity index (χ3n) is 5.91. The SMILES string of the molecule is COC(=O)C1(NC(=O)C2c3c(-c4ccccc4)cc(Cl)c(Cl)c32)CCC(F)(F)CC1. The molecular weight excluding hydrogens is 435 g/mol. The molecule has 30 heavy (non-hydrogen) atoms. The molecule has 1 atom stereocenters. The third kappa shape index (κ3) is 3.56. The minimum Gasteiger partial charge on any atom is -0.467 e. The molecule has 2 aromatic rings. The Morgan fingerprint density at radius 3 is 2.30 bits per heavy atom. The average molecular weight is 454 g/mol. The molecule has 0 radical (unpaired) electrons. The number of carbonyl (C=O) groups is 2. The number of methoxy groups -OCH3 is 1. The number of rotatable bonds is 4. The number of nitrogens with one attached hydrogen (secondary N) is 1. The molecule has 1 unspecified atom stereocenters. The fourth-order valence-corrected chi connectivity index (χ4v) is 4.69. The highest BCUT2D eigenvalue weighted by molar-refractivity contribution is 6.43. The van der Waals surface area contributed by atoms with Gasteiger partial charge >= 0.3 is 5.97 Å². The normalized spacial score (nSPS) is 20.8. The molecule has 158 valence electrons. The fourth-order valence-electron chi connectivity index (χ4n) is 4.21. The van der Waals surface area contributed by atoms with Crippen molar-refractivity contribution < 1.29 is 23.1 Å². The number of hydrogen-bond acceptors (Lipinski definition) is 3. The molecule has 0 bridgehead atoms. The van der Waals surface area contributed by atoms with Crippen LogP contribution in [0.1, 0.15) is 42.7 Å². The van der Waals surface area contributed by atoms with Crippen molar-refractivity contribution in [3.8, 4) is 11.1 Å². The van der Waals surface area contributed by atoms with Gasteiger partial charge in [0.05, 0.1) is 23.1 Å². The van der Waals surface area contributed by atoms with Crippen molar-refractivity contribution in [1.82, 2.24) is 5.32 Å². The zero-order valence-corrected chi connectivity index (χ0v) is 17.6. The lowest BCUT2D eigenvalue weighted by molar-refractivity contribution is -0.156. The van der Waals surface area contributed by atoms with Crippen molar-refractivity contribution >= 4 is 35.1 Å². The highest BCUT2D eigenvalue weighted by Gasteiger charge is 2.53. The maximum Gasteiger partial charge on any atom is 0.331 e. The van der Waals surface area contributed by atoms with Crippen molar-refractivity contribution in [3.63, 3.8) is 0 Å². The Kier molecular flexibility index (Phi) is 5.27. The molecule has 1 fully saturated rings. The Morgan fingerprint density at radius 1 is 1.07 bits per heavy atom. The van der Waals surface area contributed by atoms with Gasteiger partial charge < -0.3 is 10.1 Å². The molecular formula is C22H19Cl2F2NO3. The lowest BCUT2D eigenvalue weighted by Crippen LogP contribution is -2.58. The summed E-state index contributed by atoms with van der Waals surface area (Å²) in [5, 5.41) is 3.32. The van der Waals surface area contributed by atoms with E-state index in [9.17, 15) is 18.4 Å². The van der Waals surface area contributed by atoms with Gasteiger partial charge in [-0.2, -0.15) is 0 Å². The highest BCUT2D eigenvalue weighted by atomic mass is 35.5. The van der Waals surface area contributed by atoms with E-state index in [0.29, 0.717) is 10.6 Å². The molecule has 8 heteroatoms. The monoisotopic (exact) mass is 453 g/mol. The number of amides is 1. The Bertz CT molecular complexity index is 1020. The van der Waals surface area contributed by atoms with Gasteiger partial charge in [-0.25, -0.2) is 13.6 Å². The maximum absolute atomic E-state index is 13.7. The molecule has 0 heterocycles. The van der Waals surface area contributed by atoms with E-state index < -0.39 is 42.1 Å². The summed E-state index contributed by atoms with van der Waals surface area (Å²) in [5.74, 6) is -4.74. The van der Waals surface area contributed by atoms with E-state index in [4.69, 9.17) is 27.9 Å². The van der Waals surface area contributed by atoms with Crippen LogP contribution >= 0.6 is 23.2 Å². The quantitative estimate of drug-likeness (QED) is 0.635. The number of ether oxygens (including phenoxy) is 1. The third-order valence-corrected chi connectivity index (χ3v) is 6.71. The number of esters is 1. The van der Waals surface area contributed by atoms with Crippen molar-refractivity contribution in [2.24, 2.45) is 0 Å². The molecule has 1 N–H and O–H groups in total. The van der Waals surface area contributed by atoms with Crippen LogP contribution in [0.15, 0.2) is 36.4 Å². The van der Waals surface area contributed by atoms with Gasteiger partial charge in [0.2, 0.25) is 11.8 Å². The highest BCUT2D eigenvalue weighted by Crippen LogP contribution is 2.55. The van der Waals surface area contributed by atoms with E-state index in [2.05, 4.69) is 5.32 Å². The number of halogens is 4. The van der Waals surface area contributed by atoms with Gasteiger partial charge in [0, 0.05) is 12.8 Å². The minimum absolute atomic E-state index is 0.193. The van der Waals surface area contributed by atoms with E-state index in [-0.39, 0.29) is 17.9 Å². The average Bonchev–Trinajstić information content (AvgIpc) is 3.48. The van der Waals surface area contributed by atoms with E-state index in [1.54, 1.807) is 6.07 Å². The molecule has 1 saturated carbocycles. The van der Waals surface area contributed by atoms with Gasteiger partial charge in [-0.1, -0.05) is 53.5 Å². The lowest BCUT2D eigenvalue weighted by atomic mass is 9.79. The molecule has 2 aliphatic carbocycles. The molecule has 2 aromatic carbocycles. The van der Waals surface area contributed by atoms with Crippen LogP contribution in [-0.2, 0) is 14.3 Å². The molecule has 4 nitrogen and oxygen atoms in total. The Labute approximate surface area is 182 Å².